The fourth-order valence-electron chi connectivity index (χ4n) is 2.51. The summed E-state index contributed by atoms with van der Waals surface area (Å²) < 4.78 is 0. The van der Waals surface area contributed by atoms with Crippen LogP contribution < -0.4 is 0 Å². The molecule has 92 valence electrons. The summed E-state index contributed by atoms with van der Waals surface area (Å²) in [6.45, 7) is 8.77. The van der Waals surface area contributed by atoms with Crippen LogP contribution in [-0.4, -0.2) is 17.3 Å². The van der Waals surface area contributed by atoms with E-state index in [0.717, 1.165) is 0 Å². The first-order valence-corrected chi connectivity index (χ1v) is 7.42. The van der Waals surface area contributed by atoms with Crippen LogP contribution in [0.1, 0.15) is 53.4 Å². The maximum atomic E-state index is 12.0. The lowest BCUT2D eigenvalue weighted by Crippen LogP contribution is -2.25. The first-order chi connectivity index (χ1) is 7.38. The SMILES string of the molecule is CSC(C)C(=O)CC1=C(C)CCCC1(C)C. The van der Waals surface area contributed by atoms with Crippen molar-refractivity contribution in [1.29, 1.82) is 0 Å². The lowest BCUT2D eigenvalue weighted by atomic mass is 9.71. The molecule has 1 unspecified atom stereocenters. The average molecular weight is 240 g/mol. The molecule has 0 heterocycles. The van der Waals surface area contributed by atoms with Gasteiger partial charge in [-0.1, -0.05) is 25.0 Å². The van der Waals surface area contributed by atoms with Gasteiger partial charge in [-0.05, 0) is 44.8 Å². The molecular formula is C14H24OS. The van der Waals surface area contributed by atoms with E-state index in [1.165, 1.54) is 30.4 Å². The first-order valence-electron chi connectivity index (χ1n) is 6.13. The zero-order chi connectivity index (χ0) is 12.3. The Labute approximate surface area is 104 Å². The largest absolute Gasteiger partial charge is 0.298 e. The zero-order valence-electron chi connectivity index (χ0n) is 11.2. The molecule has 1 rings (SSSR count). The summed E-state index contributed by atoms with van der Waals surface area (Å²) in [5.74, 6) is 0.386. The van der Waals surface area contributed by atoms with Crippen LogP contribution in [0.25, 0.3) is 0 Å². The molecule has 2 heteroatoms. The van der Waals surface area contributed by atoms with Gasteiger partial charge in [0.05, 0.1) is 5.25 Å². The van der Waals surface area contributed by atoms with Gasteiger partial charge in [0.2, 0.25) is 0 Å². The molecule has 0 amide bonds. The molecule has 0 aromatic carbocycles. The van der Waals surface area contributed by atoms with Crippen molar-refractivity contribution in [3.05, 3.63) is 11.1 Å². The normalized spacial score (nSPS) is 22.1. The molecular weight excluding hydrogens is 216 g/mol. The average Bonchev–Trinajstić information content (AvgIpc) is 2.21. The second-order valence-corrected chi connectivity index (χ2v) is 6.70. The third-order valence-electron chi connectivity index (χ3n) is 3.84. The van der Waals surface area contributed by atoms with E-state index in [1.807, 2.05) is 13.2 Å². The Morgan fingerprint density at radius 3 is 2.62 bits per heavy atom. The van der Waals surface area contributed by atoms with E-state index in [9.17, 15) is 4.79 Å². The number of ketones is 1. The third-order valence-corrected chi connectivity index (χ3v) is 4.81. The number of carbonyl (C=O) groups excluding carboxylic acids is 1. The molecule has 0 N–H and O–H groups in total. The summed E-state index contributed by atoms with van der Waals surface area (Å²) >= 11 is 1.65. The van der Waals surface area contributed by atoms with E-state index in [4.69, 9.17) is 0 Å². The quantitative estimate of drug-likeness (QED) is 0.684. The van der Waals surface area contributed by atoms with Gasteiger partial charge in [-0.2, -0.15) is 11.8 Å². The predicted octanol–water partition coefficient (Wildman–Crippen LogP) is 4.22. The minimum atomic E-state index is 0.137. The monoisotopic (exact) mass is 240 g/mol. The van der Waals surface area contributed by atoms with Gasteiger partial charge in [0.25, 0.3) is 0 Å². The zero-order valence-corrected chi connectivity index (χ0v) is 12.0. The van der Waals surface area contributed by atoms with Crippen molar-refractivity contribution in [1.82, 2.24) is 0 Å². The van der Waals surface area contributed by atoms with Gasteiger partial charge in [-0.15, -0.1) is 0 Å². The maximum absolute atomic E-state index is 12.0. The number of Topliss-reactive ketones (excluding diaryl/α,β-unsaturated/α-hetero) is 1. The summed E-state index contributed by atoms with van der Waals surface area (Å²) in [4.78, 5) is 12.0. The topological polar surface area (TPSA) is 17.1 Å². The van der Waals surface area contributed by atoms with Crippen LogP contribution in [0.15, 0.2) is 11.1 Å². The number of rotatable bonds is 4. The van der Waals surface area contributed by atoms with Gasteiger partial charge in [-0.25, -0.2) is 0 Å². The molecule has 0 radical (unpaired) electrons. The Morgan fingerprint density at radius 2 is 2.12 bits per heavy atom. The molecule has 0 bridgehead atoms. The standard InChI is InChI=1S/C14H24OS/c1-10-7-6-8-14(3,4)12(10)9-13(15)11(2)16-5/h11H,6-9H2,1-5H3. The van der Waals surface area contributed by atoms with Gasteiger partial charge in [-0.3, -0.25) is 4.79 Å². The van der Waals surface area contributed by atoms with Crippen molar-refractivity contribution in [2.24, 2.45) is 5.41 Å². The molecule has 0 fully saturated rings. The van der Waals surface area contributed by atoms with Gasteiger partial charge in [0.15, 0.2) is 0 Å². The molecule has 0 aromatic rings. The summed E-state index contributed by atoms with van der Waals surface area (Å²) in [6.07, 6.45) is 6.35. The summed E-state index contributed by atoms with van der Waals surface area (Å²) in [6, 6.07) is 0. The van der Waals surface area contributed by atoms with Gasteiger partial charge >= 0.3 is 0 Å². The van der Waals surface area contributed by atoms with Crippen molar-refractivity contribution in [3.8, 4) is 0 Å². The molecule has 1 aliphatic rings. The van der Waals surface area contributed by atoms with E-state index in [0.29, 0.717) is 12.2 Å². The summed E-state index contributed by atoms with van der Waals surface area (Å²) in [5, 5.41) is 0.137. The highest BCUT2D eigenvalue weighted by Gasteiger charge is 2.30. The van der Waals surface area contributed by atoms with E-state index in [1.54, 1.807) is 11.8 Å². The minimum Gasteiger partial charge on any atom is -0.298 e. The predicted molar refractivity (Wildman–Crippen MR) is 72.9 cm³/mol. The lowest BCUT2D eigenvalue weighted by molar-refractivity contribution is -0.117. The molecule has 1 nitrogen and oxygen atoms in total. The number of hydrogen-bond donors (Lipinski definition) is 0. The molecule has 1 aliphatic carbocycles. The van der Waals surface area contributed by atoms with Crippen LogP contribution in [0.5, 0.6) is 0 Å². The second-order valence-electron chi connectivity index (χ2n) is 5.52. The van der Waals surface area contributed by atoms with Crippen LogP contribution in [-0.2, 0) is 4.79 Å². The van der Waals surface area contributed by atoms with Gasteiger partial charge in [0.1, 0.15) is 5.78 Å². The Balaban J connectivity index is 2.81. The highest BCUT2D eigenvalue weighted by atomic mass is 32.2. The van der Waals surface area contributed by atoms with Crippen LogP contribution in [0.4, 0.5) is 0 Å². The molecule has 0 saturated carbocycles. The third kappa shape index (κ3) is 3.13. The van der Waals surface area contributed by atoms with Crippen molar-refractivity contribution in [2.75, 3.05) is 6.26 Å². The molecule has 16 heavy (non-hydrogen) atoms. The Hall–Kier alpha value is -0.240. The fourth-order valence-corrected chi connectivity index (χ4v) is 2.86. The molecule has 0 aliphatic heterocycles. The number of hydrogen-bond acceptors (Lipinski definition) is 2. The van der Waals surface area contributed by atoms with E-state index >= 15 is 0 Å². The Morgan fingerprint density at radius 1 is 1.50 bits per heavy atom. The van der Waals surface area contributed by atoms with Crippen molar-refractivity contribution < 1.29 is 4.79 Å². The Kier molecular flexibility index (Phi) is 4.66. The van der Waals surface area contributed by atoms with Gasteiger partial charge in [0, 0.05) is 6.42 Å². The smallest absolute Gasteiger partial charge is 0.149 e. The summed E-state index contributed by atoms with van der Waals surface area (Å²) in [7, 11) is 0. The fraction of sp³-hybridized carbons (Fsp3) is 0.786. The van der Waals surface area contributed by atoms with Gasteiger partial charge < -0.3 is 0 Å². The van der Waals surface area contributed by atoms with Crippen LogP contribution >= 0.6 is 11.8 Å². The van der Waals surface area contributed by atoms with Crippen LogP contribution in [0, 0.1) is 5.41 Å². The van der Waals surface area contributed by atoms with Crippen LogP contribution in [0.3, 0.4) is 0 Å². The first kappa shape index (κ1) is 13.8. The molecule has 1 atom stereocenters. The van der Waals surface area contributed by atoms with E-state index in [2.05, 4.69) is 20.8 Å². The number of thioether (sulfide) groups is 1. The molecule has 0 saturated heterocycles. The highest BCUT2D eigenvalue weighted by Crippen LogP contribution is 2.42. The summed E-state index contributed by atoms with van der Waals surface area (Å²) in [5.41, 5.74) is 3.10. The van der Waals surface area contributed by atoms with E-state index < -0.39 is 0 Å². The Bertz CT molecular complexity index is 302. The minimum absolute atomic E-state index is 0.137. The number of allylic oxidation sites excluding steroid dienone is 2. The van der Waals surface area contributed by atoms with Crippen molar-refractivity contribution >= 4 is 17.5 Å². The highest BCUT2D eigenvalue weighted by molar-refractivity contribution is 7.99. The molecule has 0 aromatic heterocycles. The maximum Gasteiger partial charge on any atom is 0.149 e. The van der Waals surface area contributed by atoms with Crippen LogP contribution in [0.2, 0.25) is 0 Å². The molecule has 0 spiro atoms. The number of carbonyl (C=O) groups is 1. The lowest BCUT2D eigenvalue weighted by Gasteiger charge is -2.34. The van der Waals surface area contributed by atoms with Crippen molar-refractivity contribution in [3.63, 3.8) is 0 Å². The van der Waals surface area contributed by atoms with Crippen molar-refractivity contribution in [2.45, 2.75) is 58.6 Å². The second kappa shape index (κ2) is 5.39. The van der Waals surface area contributed by atoms with E-state index in [-0.39, 0.29) is 10.7 Å².